The second-order valence-electron chi connectivity index (χ2n) is 6.43. The van der Waals surface area contributed by atoms with E-state index in [2.05, 4.69) is 24.9 Å². The summed E-state index contributed by atoms with van der Waals surface area (Å²) in [6, 6.07) is 8.04. The van der Waals surface area contributed by atoms with E-state index in [0.717, 1.165) is 48.5 Å². The van der Waals surface area contributed by atoms with Gasteiger partial charge in [0.15, 0.2) is 10.1 Å². The summed E-state index contributed by atoms with van der Waals surface area (Å²) in [6.07, 6.45) is 0. The van der Waals surface area contributed by atoms with E-state index in [1.54, 1.807) is 0 Å². The highest BCUT2D eigenvalue weighted by Gasteiger charge is 2.36. The number of non-ortho nitro benzene ring substituents is 2. The molecule has 2 heterocycles. The Hall–Kier alpha value is -5.88. The summed E-state index contributed by atoms with van der Waals surface area (Å²) in [5.41, 5.74) is -1.92. The predicted octanol–water partition coefficient (Wildman–Crippen LogP) is 2.49. The molecule has 19 nitrogen and oxygen atoms in total. The van der Waals surface area contributed by atoms with Crippen molar-refractivity contribution in [3.05, 3.63) is 89.0 Å². The standard InChI is InChI=1S/C16H8N10O9/c27-23(28)11-5-1-9(2-6-11)21(25(31)32)15-16(18-14-13(17-15)19-35-20-14)22(26(33)34)10-3-7-12(8-4-10)24(29)30/h1-8H. The van der Waals surface area contributed by atoms with Crippen LogP contribution in [0.3, 0.4) is 0 Å². The molecule has 0 saturated carbocycles. The molecule has 4 rings (SSSR count). The monoisotopic (exact) mass is 484 g/mol. The molecule has 2 aromatic carbocycles. The molecule has 35 heavy (non-hydrogen) atoms. The van der Waals surface area contributed by atoms with Gasteiger partial charge in [0.2, 0.25) is 11.3 Å². The van der Waals surface area contributed by atoms with E-state index in [-0.39, 0.29) is 34.0 Å². The summed E-state index contributed by atoms with van der Waals surface area (Å²) in [7, 11) is 0. The average Bonchev–Trinajstić information content (AvgIpc) is 3.27. The second kappa shape index (κ2) is 8.57. The summed E-state index contributed by atoms with van der Waals surface area (Å²) in [4.78, 5) is 52.3. The maximum absolute atomic E-state index is 12.0. The third-order valence-corrected chi connectivity index (χ3v) is 4.42. The fraction of sp³-hybridized carbons (Fsp3) is 0. The summed E-state index contributed by atoms with van der Waals surface area (Å²) >= 11 is 0. The molecule has 0 aliphatic heterocycles. The highest BCUT2D eigenvalue weighted by molar-refractivity contribution is 5.79. The van der Waals surface area contributed by atoms with E-state index in [4.69, 9.17) is 0 Å². The van der Waals surface area contributed by atoms with E-state index in [0.29, 0.717) is 10.0 Å². The third kappa shape index (κ3) is 4.13. The Morgan fingerprint density at radius 3 is 1.23 bits per heavy atom. The number of nitrogens with zero attached hydrogens (tertiary/aromatic N) is 10. The lowest BCUT2D eigenvalue weighted by Gasteiger charge is -2.18. The Kier molecular flexibility index (Phi) is 5.47. The van der Waals surface area contributed by atoms with Gasteiger partial charge in [0.1, 0.15) is 11.4 Å². The number of hydrogen-bond acceptors (Lipinski definition) is 13. The summed E-state index contributed by atoms with van der Waals surface area (Å²) < 4.78 is 4.50. The zero-order chi connectivity index (χ0) is 25.3. The zero-order valence-electron chi connectivity index (χ0n) is 16.8. The van der Waals surface area contributed by atoms with Gasteiger partial charge in [-0.1, -0.05) is 0 Å². The van der Waals surface area contributed by atoms with Crippen LogP contribution < -0.4 is 10.0 Å². The van der Waals surface area contributed by atoms with Crippen molar-refractivity contribution in [3.63, 3.8) is 0 Å². The Morgan fingerprint density at radius 2 is 0.943 bits per heavy atom. The van der Waals surface area contributed by atoms with Crippen molar-refractivity contribution in [2.24, 2.45) is 0 Å². The van der Waals surface area contributed by atoms with Crippen LogP contribution in [0.4, 0.5) is 34.4 Å². The Balaban J connectivity index is 1.94. The molecule has 0 atom stereocenters. The third-order valence-electron chi connectivity index (χ3n) is 4.42. The Bertz CT molecular complexity index is 1360. The van der Waals surface area contributed by atoms with Gasteiger partial charge in [-0.2, -0.15) is 9.97 Å². The minimum absolute atomic E-state index is 0.265. The first-order valence-corrected chi connectivity index (χ1v) is 9.05. The van der Waals surface area contributed by atoms with Crippen molar-refractivity contribution in [1.29, 1.82) is 0 Å². The molecule has 0 radical (unpaired) electrons. The highest BCUT2D eigenvalue weighted by atomic mass is 16.7. The van der Waals surface area contributed by atoms with Gasteiger partial charge in [-0.25, -0.2) is 24.9 Å². The molecule has 0 amide bonds. The van der Waals surface area contributed by atoms with Crippen molar-refractivity contribution in [1.82, 2.24) is 20.3 Å². The predicted molar refractivity (Wildman–Crippen MR) is 112 cm³/mol. The fourth-order valence-electron chi connectivity index (χ4n) is 2.92. The zero-order valence-corrected chi connectivity index (χ0v) is 16.8. The second-order valence-corrected chi connectivity index (χ2v) is 6.43. The summed E-state index contributed by atoms with van der Waals surface area (Å²) in [6.45, 7) is 0. The van der Waals surface area contributed by atoms with Crippen LogP contribution in [0.2, 0.25) is 0 Å². The lowest BCUT2D eigenvalue weighted by atomic mass is 10.2. The van der Waals surface area contributed by atoms with Gasteiger partial charge >= 0.3 is 0 Å². The number of nitro benzene ring substituents is 2. The van der Waals surface area contributed by atoms with Crippen molar-refractivity contribution < 1.29 is 24.5 Å². The van der Waals surface area contributed by atoms with Crippen molar-refractivity contribution >= 4 is 45.7 Å². The smallest absolute Gasteiger partial charge is 0.258 e. The van der Waals surface area contributed by atoms with Crippen LogP contribution in [0.15, 0.2) is 53.2 Å². The lowest BCUT2D eigenvalue weighted by molar-refractivity contribution is -0.488. The number of hydrogen-bond donors (Lipinski definition) is 0. The van der Waals surface area contributed by atoms with Crippen LogP contribution >= 0.6 is 0 Å². The molecule has 4 aromatic rings. The normalized spacial score (nSPS) is 10.6. The number of benzene rings is 2. The molecule has 0 aliphatic rings. The number of hydrazine groups is 2. The summed E-state index contributed by atoms with van der Waals surface area (Å²) in [5.74, 6) is -1.44. The van der Waals surface area contributed by atoms with Crippen LogP contribution in [-0.4, -0.2) is 40.2 Å². The molecular weight excluding hydrogens is 476 g/mol. The molecule has 0 unspecified atom stereocenters. The van der Waals surface area contributed by atoms with Crippen molar-refractivity contribution in [2.75, 3.05) is 10.0 Å². The molecule has 0 saturated heterocycles. The van der Waals surface area contributed by atoms with E-state index < -0.39 is 31.5 Å². The molecule has 0 bridgehead atoms. The van der Waals surface area contributed by atoms with Gasteiger partial charge in [0, 0.05) is 24.3 Å². The average molecular weight is 484 g/mol. The topological polar surface area (TPSA) is 244 Å². The van der Waals surface area contributed by atoms with E-state index in [9.17, 15) is 40.5 Å². The maximum Gasteiger partial charge on any atom is 0.269 e. The van der Waals surface area contributed by atoms with E-state index in [1.165, 1.54) is 0 Å². The SMILES string of the molecule is O=[N+]([O-])c1ccc(N(c2nc3nonc3nc2N(c2ccc([N+](=O)[O-])cc2)[N+](=O)[O-])[N+](=O)[O-])cc1. The van der Waals surface area contributed by atoms with Gasteiger partial charge in [-0.05, 0) is 44.6 Å². The largest absolute Gasteiger partial charge is 0.269 e. The van der Waals surface area contributed by atoms with Crippen LogP contribution in [0, 0.1) is 40.5 Å². The number of fused-ring (bicyclic) bond motifs is 1. The minimum atomic E-state index is -0.984. The molecule has 19 heteroatoms. The van der Waals surface area contributed by atoms with Crippen LogP contribution in [0.1, 0.15) is 0 Å². The molecule has 0 aliphatic carbocycles. The van der Waals surface area contributed by atoms with Gasteiger partial charge in [0.25, 0.3) is 23.0 Å². The number of anilines is 4. The highest BCUT2D eigenvalue weighted by Crippen LogP contribution is 2.37. The fourth-order valence-corrected chi connectivity index (χ4v) is 2.92. The molecule has 176 valence electrons. The van der Waals surface area contributed by atoms with E-state index in [1.807, 2.05) is 0 Å². The molecule has 0 N–H and O–H groups in total. The minimum Gasteiger partial charge on any atom is -0.258 e. The molecule has 0 spiro atoms. The van der Waals surface area contributed by atoms with Gasteiger partial charge in [0.05, 0.1) is 9.85 Å². The number of nitro groups is 4. The molecule has 2 aromatic heterocycles. The van der Waals surface area contributed by atoms with Gasteiger partial charge in [-0.3, -0.25) is 20.2 Å². The first-order valence-electron chi connectivity index (χ1n) is 9.05. The van der Waals surface area contributed by atoms with Gasteiger partial charge in [-0.15, -0.1) is 0 Å². The Morgan fingerprint density at radius 1 is 0.600 bits per heavy atom. The Labute approximate surface area is 190 Å². The molecule has 0 fully saturated rings. The van der Waals surface area contributed by atoms with Crippen LogP contribution in [-0.2, 0) is 0 Å². The van der Waals surface area contributed by atoms with Crippen molar-refractivity contribution in [3.8, 4) is 0 Å². The molecular formula is C16H8N10O9. The summed E-state index contributed by atoms with van der Waals surface area (Å²) in [5, 5.41) is 51.4. The number of rotatable bonds is 8. The van der Waals surface area contributed by atoms with Crippen LogP contribution in [0.25, 0.3) is 11.3 Å². The van der Waals surface area contributed by atoms with Gasteiger partial charge < -0.3 is 0 Å². The van der Waals surface area contributed by atoms with Crippen LogP contribution in [0.5, 0.6) is 0 Å². The van der Waals surface area contributed by atoms with Crippen molar-refractivity contribution in [2.45, 2.75) is 0 Å². The number of aromatic nitrogens is 4. The lowest BCUT2D eigenvalue weighted by Crippen LogP contribution is -2.31. The van der Waals surface area contributed by atoms with E-state index >= 15 is 0 Å². The maximum atomic E-state index is 12.0. The quantitative estimate of drug-likeness (QED) is 0.257. The first-order chi connectivity index (χ1) is 16.7. The first kappa shape index (κ1) is 22.3.